The lowest BCUT2D eigenvalue weighted by Crippen LogP contribution is -1.95. The maximum atomic E-state index is 6.10. The molecule has 242 valence electrons. The van der Waals surface area contributed by atoms with Crippen molar-refractivity contribution in [1.29, 1.82) is 0 Å². The SMILES string of the molecule is c1ccc2c(c1)oc1ccc(-c3ccc(-n4c5ccccc5c5c6c7ccccc7n(-c7ccc8c(c7)sc7ccccc78)c6ccc54)cc3)cc12. The van der Waals surface area contributed by atoms with Crippen LogP contribution in [0.1, 0.15) is 0 Å². The van der Waals surface area contributed by atoms with Crippen molar-refractivity contribution in [2.24, 2.45) is 0 Å². The Morgan fingerprint density at radius 2 is 0.904 bits per heavy atom. The molecule has 0 atom stereocenters. The van der Waals surface area contributed by atoms with Crippen molar-refractivity contribution >= 4 is 97.1 Å². The predicted octanol–water partition coefficient (Wildman–Crippen LogP) is 13.8. The van der Waals surface area contributed by atoms with Gasteiger partial charge in [0.1, 0.15) is 11.2 Å². The second kappa shape index (κ2) is 10.5. The zero-order valence-corrected chi connectivity index (χ0v) is 28.7. The van der Waals surface area contributed by atoms with E-state index in [1.165, 1.54) is 80.6 Å². The summed E-state index contributed by atoms with van der Waals surface area (Å²) in [6.07, 6.45) is 0. The van der Waals surface area contributed by atoms with E-state index in [2.05, 4.69) is 167 Å². The van der Waals surface area contributed by atoms with E-state index >= 15 is 0 Å². The first kappa shape index (κ1) is 28.1. The third-order valence-electron chi connectivity index (χ3n) is 10.9. The van der Waals surface area contributed by atoms with Gasteiger partial charge in [0.25, 0.3) is 0 Å². The molecule has 4 aromatic heterocycles. The van der Waals surface area contributed by atoms with Crippen LogP contribution in [-0.2, 0) is 0 Å². The van der Waals surface area contributed by atoms with Crippen LogP contribution >= 0.6 is 11.3 Å². The van der Waals surface area contributed by atoms with E-state index in [1.807, 2.05) is 23.5 Å². The monoisotopic (exact) mass is 680 g/mol. The number of fused-ring (bicyclic) bond motifs is 13. The minimum absolute atomic E-state index is 0.917. The predicted molar refractivity (Wildman–Crippen MR) is 221 cm³/mol. The summed E-state index contributed by atoms with van der Waals surface area (Å²) in [6, 6.07) is 61.8. The quantitative estimate of drug-likeness (QED) is 0.182. The molecule has 52 heavy (non-hydrogen) atoms. The van der Waals surface area contributed by atoms with Crippen LogP contribution in [0.4, 0.5) is 0 Å². The van der Waals surface area contributed by atoms with Crippen LogP contribution in [0.15, 0.2) is 174 Å². The highest BCUT2D eigenvalue weighted by Crippen LogP contribution is 2.43. The molecule has 0 fully saturated rings. The van der Waals surface area contributed by atoms with Crippen LogP contribution in [0.5, 0.6) is 0 Å². The normalized spacial score (nSPS) is 12.2. The second-order valence-corrected chi connectivity index (χ2v) is 14.8. The molecule has 0 N–H and O–H groups in total. The lowest BCUT2D eigenvalue weighted by Gasteiger charge is -2.10. The molecule has 8 aromatic carbocycles. The second-order valence-electron chi connectivity index (χ2n) is 13.7. The van der Waals surface area contributed by atoms with Crippen LogP contribution in [0.25, 0.3) is 108 Å². The van der Waals surface area contributed by atoms with Crippen LogP contribution < -0.4 is 0 Å². The molecule has 4 heterocycles. The Kier molecular flexibility index (Phi) is 5.65. The number of rotatable bonds is 3. The largest absolute Gasteiger partial charge is 0.456 e. The average Bonchev–Trinajstić information content (AvgIpc) is 3.95. The van der Waals surface area contributed by atoms with Gasteiger partial charge >= 0.3 is 0 Å². The molecule has 0 amide bonds. The molecule has 0 aliphatic rings. The maximum absolute atomic E-state index is 6.10. The van der Waals surface area contributed by atoms with Crippen molar-refractivity contribution in [3.63, 3.8) is 0 Å². The number of aromatic nitrogens is 2. The van der Waals surface area contributed by atoms with Gasteiger partial charge in [-0.25, -0.2) is 0 Å². The van der Waals surface area contributed by atoms with Gasteiger partial charge in [-0.1, -0.05) is 97.1 Å². The first-order valence-electron chi connectivity index (χ1n) is 17.7. The Morgan fingerprint density at radius 3 is 1.65 bits per heavy atom. The zero-order chi connectivity index (χ0) is 33.9. The third kappa shape index (κ3) is 3.84. The van der Waals surface area contributed by atoms with E-state index in [0.29, 0.717) is 0 Å². The number of benzene rings is 8. The van der Waals surface area contributed by atoms with Gasteiger partial charge < -0.3 is 13.6 Å². The fourth-order valence-electron chi connectivity index (χ4n) is 8.64. The molecule has 0 bridgehead atoms. The molecule has 0 radical (unpaired) electrons. The zero-order valence-electron chi connectivity index (χ0n) is 27.9. The van der Waals surface area contributed by atoms with Gasteiger partial charge in [-0.15, -0.1) is 11.3 Å². The van der Waals surface area contributed by atoms with Crippen LogP contribution in [0.2, 0.25) is 0 Å². The van der Waals surface area contributed by atoms with Gasteiger partial charge in [0.2, 0.25) is 0 Å². The fraction of sp³-hybridized carbons (Fsp3) is 0. The minimum Gasteiger partial charge on any atom is -0.456 e. The molecule has 0 saturated carbocycles. The van der Waals surface area contributed by atoms with E-state index in [1.54, 1.807) is 0 Å². The number of nitrogens with zero attached hydrogens (tertiary/aromatic N) is 2. The molecule has 0 saturated heterocycles. The fourth-order valence-corrected chi connectivity index (χ4v) is 9.78. The molecule has 4 heteroatoms. The van der Waals surface area contributed by atoms with Crippen LogP contribution in [0, 0.1) is 0 Å². The Bertz CT molecular complexity index is 3410. The Balaban J connectivity index is 1.06. The Labute approximate surface area is 301 Å². The summed E-state index contributed by atoms with van der Waals surface area (Å²) in [4.78, 5) is 0. The molecular formula is C48H28N2OS. The molecular weight excluding hydrogens is 653 g/mol. The maximum Gasteiger partial charge on any atom is 0.135 e. The van der Waals surface area contributed by atoms with E-state index in [-0.39, 0.29) is 0 Å². The molecule has 3 nitrogen and oxygen atoms in total. The van der Waals surface area contributed by atoms with Gasteiger partial charge in [-0.05, 0) is 83.9 Å². The standard InChI is InChI=1S/C48H28N2OS/c1-5-13-39-36(11-1)47-41(49(39)31-20-17-29(18-21-31)30-19-26-44-38(27-30)33-9-3-7-15-43(33)51-44)24-25-42-48(47)37-12-2-6-14-40(37)50(42)32-22-23-35-34-10-4-8-16-45(34)52-46(35)28-32/h1-28H. The Morgan fingerprint density at radius 1 is 0.346 bits per heavy atom. The molecule has 12 rings (SSSR count). The Hall–Kier alpha value is -6.62. The smallest absolute Gasteiger partial charge is 0.135 e. The van der Waals surface area contributed by atoms with Crippen molar-refractivity contribution in [2.75, 3.05) is 0 Å². The summed E-state index contributed by atoms with van der Waals surface area (Å²) < 4.78 is 13.6. The third-order valence-corrected chi connectivity index (χ3v) is 12.1. The van der Waals surface area contributed by atoms with E-state index in [0.717, 1.165) is 27.6 Å². The van der Waals surface area contributed by atoms with Crippen molar-refractivity contribution in [3.05, 3.63) is 170 Å². The molecule has 0 aliphatic heterocycles. The summed E-state index contributed by atoms with van der Waals surface area (Å²) in [5.74, 6) is 0. The molecule has 0 unspecified atom stereocenters. The highest BCUT2D eigenvalue weighted by molar-refractivity contribution is 7.25. The van der Waals surface area contributed by atoms with Crippen molar-refractivity contribution < 1.29 is 4.42 Å². The summed E-state index contributed by atoms with van der Waals surface area (Å²) in [5, 5.41) is 10.0. The minimum atomic E-state index is 0.917. The van der Waals surface area contributed by atoms with Gasteiger partial charge in [0, 0.05) is 63.9 Å². The van der Waals surface area contributed by atoms with E-state index < -0.39 is 0 Å². The van der Waals surface area contributed by atoms with Crippen molar-refractivity contribution in [2.45, 2.75) is 0 Å². The molecule has 0 aliphatic carbocycles. The average molecular weight is 681 g/mol. The summed E-state index contributed by atoms with van der Waals surface area (Å²) in [5.41, 5.74) is 11.4. The van der Waals surface area contributed by atoms with Crippen LogP contribution in [0.3, 0.4) is 0 Å². The first-order valence-corrected chi connectivity index (χ1v) is 18.5. The topological polar surface area (TPSA) is 23.0 Å². The number of hydrogen-bond acceptors (Lipinski definition) is 2. The number of thiophene rings is 1. The lowest BCUT2D eigenvalue weighted by atomic mass is 10.0. The highest BCUT2D eigenvalue weighted by Gasteiger charge is 2.21. The van der Waals surface area contributed by atoms with Crippen molar-refractivity contribution in [3.8, 4) is 22.5 Å². The van der Waals surface area contributed by atoms with Crippen molar-refractivity contribution in [1.82, 2.24) is 9.13 Å². The number of hydrogen-bond donors (Lipinski definition) is 0. The summed E-state index contributed by atoms with van der Waals surface area (Å²) in [6.45, 7) is 0. The molecule has 0 spiro atoms. The van der Waals surface area contributed by atoms with E-state index in [9.17, 15) is 0 Å². The lowest BCUT2D eigenvalue weighted by molar-refractivity contribution is 0.669. The van der Waals surface area contributed by atoms with Gasteiger partial charge in [0.05, 0.1) is 22.1 Å². The van der Waals surface area contributed by atoms with Gasteiger partial charge in [0.15, 0.2) is 0 Å². The summed E-state index contributed by atoms with van der Waals surface area (Å²) >= 11 is 1.87. The first-order chi connectivity index (χ1) is 25.8. The summed E-state index contributed by atoms with van der Waals surface area (Å²) in [7, 11) is 0. The number of para-hydroxylation sites is 3. The number of furan rings is 1. The van der Waals surface area contributed by atoms with Crippen LogP contribution in [-0.4, -0.2) is 9.13 Å². The van der Waals surface area contributed by atoms with Gasteiger partial charge in [-0.2, -0.15) is 0 Å². The highest BCUT2D eigenvalue weighted by atomic mass is 32.1. The van der Waals surface area contributed by atoms with E-state index in [4.69, 9.17) is 4.42 Å². The van der Waals surface area contributed by atoms with Gasteiger partial charge in [-0.3, -0.25) is 0 Å². The molecule has 12 aromatic rings.